The van der Waals surface area contributed by atoms with E-state index in [0.717, 1.165) is 31.8 Å². The zero-order valence-corrected chi connectivity index (χ0v) is 11.5. The minimum atomic E-state index is 0.123. The zero-order valence-electron chi connectivity index (χ0n) is 11.5. The molecule has 0 spiro atoms. The first-order valence-corrected chi connectivity index (χ1v) is 7.26. The summed E-state index contributed by atoms with van der Waals surface area (Å²) >= 11 is 0. The molecule has 1 aromatic heterocycles. The largest absolute Gasteiger partial charge is 0.337 e. The van der Waals surface area contributed by atoms with Gasteiger partial charge in [0.05, 0.1) is 0 Å². The van der Waals surface area contributed by atoms with Crippen molar-refractivity contribution in [2.45, 2.75) is 31.7 Å². The smallest absolute Gasteiger partial charge is 0.272 e. The van der Waals surface area contributed by atoms with Crippen LogP contribution >= 0.6 is 0 Å². The predicted octanol–water partition coefficient (Wildman–Crippen LogP) is 1.02. The lowest BCUT2D eigenvalue weighted by Crippen LogP contribution is -2.43. The maximum absolute atomic E-state index is 12.4. The lowest BCUT2D eigenvalue weighted by molar-refractivity contribution is 0.0663. The number of hydrogen-bond acceptors (Lipinski definition) is 3. The molecule has 2 fully saturated rings. The van der Waals surface area contributed by atoms with E-state index in [4.69, 9.17) is 0 Å². The van der Waals surface area contributed by atoms with Crippen LogP contribution in [-0.4, -0.2) is 46.3 Å². The fourth-order valence-electron chi connectivity index (χ4n) is 3.36. The van der Waals surface area contributed by atoms with E-state index in [0.29, 0.717) is 11.7 Å². The molecule has 104 valence electrons. The number of nitrogens with one attached hydrogen (secondary N) is 1. The van der Waals surface area contributed by atoms with Crippen LogP contribution in [-0.2, 0) is 7.05 Å². The molecule has 3 rings (SSSR count). The number of hydrogen-bond donors (Lipinski definition) is 1. The second kappa shape index (κ2) is 5.33. The number of amides is 1. The lowest BCUT2D eigenvalue weighted by atomic mass is 9.88. The van der Waals surface area contributed by atoms with E-state index < -0.39 is 0 Å². The van der Waals surface area contributed by atoms with Crippen molar-refractivity contribution in [2.24, 2.45) is 13.0 Å². The molecule has 1 amide bonds. The van der Waals surface area contributed by atoms with E-state index in [-0.39, 0.29) is 5.91 Å². The fourth-order valence-corrected chi connectivity index (χ4v) is 3.36. The summed E-state index contributed by atoms with van der Waals surface area (Å²) in [5.74, 6) is 0.871. The Balaban J connectivity index is 1.58. The number of carbonyl (C=O) groups excluding carboxylic acids is 1. The number of aryl methyl sites for hydroxylation is 1. The quantitative estimate of drug-likeness (QED) is 0.866. The Hall–Kier alpha value is -1.36. The standard InChI is InChI=1S/C14H22N4O/c1-17-13(4-8-16-17)14(19)18-9-5-11(6-10-18)12-3-2-7-15-12/h4,8,11-12,15H,2-3,5-7,9-10H2,1H3. The molecule has 2 aliphatic heterocycles. The molecular formula is C14H22N4O. The zero-order chi connectivity index (χ0) is 13.2. The molecule has 1 unspecified atom stereocenters. The maximum Gasteiger partial charge on any atom is 0.272 e. The van der Waals surface area contributed by atoms with E-state index >= 15 is 0 Å². The fraction of sp³-hybridized carbons (Fsp3) is 0.714. The number of carbonyl (C=O) groups is 1. The summed E-state index contributed by atoms with van der Waals surface area (Å²) in [6.45, 7) is 2.93. The highest BCUT2D eigenvalue weighted by atomic mass is 16.2. The van der Waals surface area contributed by atoms with Gasteiger partial charge in [0.25, 0.3) is 5.91 Å². The van der Waals surface area contributed by atoms with E-state index in [1.807, 2.05) is 11.9 Å². The highest BCUT2D eigenvalue weighted by Gasteiger charge is 2.30. The van der Waals surface area contributed by atoms with Crippen molar-refractivity contribution < 1.29 is 4.79 Å². The third kappa shape index (κ3) is 2.52. The summed E-state index contributed by atoms with van der Waals surface area (Å²) in [4.78, 5) is 14.3. The maximum atomic E-state index is 12.4. The average Bonchev–Trinajstić information content (AvgIpc) is 3.09. The van der Waals surface area contributed by atoms with Gasteiger partial charge in [0.15, 0.2) is 0 Å². The molecule has 2 saturated heterocycles. The van der Waals surface area contributed by atoms with Crippen LogP contribution in [0, 0.1) is 5.92 Å². The summed E-state index contributed by atoms with van der Waals surface area (Å²) in [6.07, 6.45) is 6.55. The van der Waals surface area contributed by atoms with Crippen molar-refractivity contribution in [1.82, 2.24) is 20.0 Å². The van der Waals surface area contributed by atoms with Gasteiger partial charge in [-0.2, -0.15) is 5.10 Å². The molecule has 0 aliphatic carbocycles. The first-order chi connectivity index (χ1) is 9.25. The Morgan fingerprint density at radius 2 is 2.16 bits per heavy atom. The molecule has 1 aromatic rings. The summed E-state index contributed by atoms with van der Waals surface area (Å²) < 4.78 is 1.66. The summed E-state index contributed by atoms with van der Waals surface area (Å²) in [5.41, 5.74) is 0.692. The Bertz CT molecular complexity index is 442. The first-order valence-electron chi connectivity index (χ1n) is 7.26. The van der Waals surface area contributed by atoms with Crippen molar-refractivity contribution in [3.63, 3.8) is 0 Å². The van der Waals surface area contributed by atoms with E-state index in [9.17, 15) is 4.79 Å². The van der Waals surface area contributed by atoms with Crippen molar-refractivity contribution >= 4 is 5.91 Å². The Morgan fingerprint density at radius 3 is 2.74 bits per heavy atom. The summed E-state index contributed by atoms with van der Waals surface area (Å²) in [7, 11) is 1.82. The van der Waals surface area contributed by atoms with Crippen molar-refractivity contribution in [1.29, 1.82) is 0 Å². The molecule has 1 N–H and O–H groups in total. The average molecular weight is 262 g/mol. The molecule has 19 heavy (non-hydrogen) atoms. The third-order valence-corrected chi connectivity index (χ3v) is 4.53. The minimum absolute atomic E-state index is 0.123. The van der Waals surface area contributed by atoms with Crippen molar-refractivity contribution in [2.75, 3.05) is 19.6 Å². The van der Waals surface area contributed by atoms with E-state index in [1.165, 1.54) is 19.4 Å². The van der Waals surface area contributed by atoms with Gasteiger partial charge in [-0.15, -0.1) is 0 Å². The Morgan fingerprint density at radius 1 is 1.37 bits per heavy atom. The van der Waals surface area contributed by atoms with Crippen LogP contribution in [0.5, 0.6) is 0 Å². The van der Waals surface area contributed by atoms with Gasteiger partial charge in [0.1, 0.15) is 5.69 Å². The van der Waals surface area contributed by atoms with E-state index in [1.54, 1.807) is 16.9 Å². The number of rotatable bonds is 2. The second-order valence-corrected chi connectivity index (χ2v) is 5.67. The summed E-state index contributed by atoms with van der Waals surface area (Å²) in [6, 6.07) is 2.49. The number of aromatic nitrogens is 2. The van der Waals surface area contributed by atoms with Gasteiger partial charge in [0, 0.05) is 32.4 Å². The highest BCUT2D eigenvalue weighted by molar-refractivity contribution is 5.92. The molecule has 2 aliphatic rings. The van der Waals surface area contributed by atoms with E-state index in [2.05, 4.69) is 10.4 Å². The first kappa shape index (κ1) is 12.7. The topological polar surface area (TPSA) is 50.2 Å². The van der Waals surface area contributed by atoms with Crippen LogP contribution in [0.25, 0.3) is 0 Å². The number of piperidine rings is 1. The van der Waals surface area contributed by atoms with Crippen LogP contribution in [0.2, 0.25) is 0 Å². The summed E-state index contributed by atoms with van der Waals surface area (Å²) in [5, 5.41) is 7.66. The van der Waals surface area contributed by atoms with Crippen molar-refractivity contribution in [3.05, 3.63) is 18.0 Å². The minimum Gasteiger partial charge on any atom is -0.337 e. The normalized spacial score (nSPS) is 24.9. The lowest BCUT2D eigenvalue weighted by Gasteiger charge is -2.34. The van der Waals surface area contributed by atoms with Gasteiger partial charge >= 0.3 is 0 Å². The highest BCUT2D eigenvalue weighted by Crippen LogP contribution is 2.26. The van der Waals surface area contributed by atoms with Gasteiger partial charge in [-0.1, -0.05) is 0 Å². The molecular weight excluding hydrogens is 240 g/mol. The SMILES string of the molecule is Cn1nccc1C(=O)N1CCC(C2CCCN2)CC1. The monoisotopic (exact) mass is 262 g/mol. The van der Waals surface area contributed by atoms with Gasteiger partial charge in [-0.25, -0.2) is 0 Å². The van der Waals surface area contributed by atoms with Gasteiger partial charge in [0.2, 0.25) is 0 Å². The Labute approximate surface area is 114 Å². The molecule has 0 saturated carbocycles. The molecule has 0 aromatic carbocycles. The van der Waals surface area contributed by atoms with Crippen molar-refractivity contribution in [3.8, 4) is 0 Å². The third-order valence-electron chi connectivity index (χ3n) is 4.53. The van der Waals surface area contributed by atoms with Crippen LogP contribution < -0.4 is 5.32 Å². The van der Waals surface area contributed by atoms with Crippen LogP contribution in [0.3, 0.4) is 0 Å². The molecule has 1 atom stereocenters. The molecule has 5 heteroatoms. The predicted molar refractivity (Wildman–Crippen MR) is 72.9 cm³/mol. The van der Waals surface area contributed by atoms with Gasteiger partial charge in [-0.05, 0) is 44.2 Å². The van der Waals surface area contributed by atoms with Gasteiger partial charge in [-0.3, -0.25) is 9.48 Å². The second-order valence-electron chi connectivity index (χ2n) is 5.67. The number of nitrogens with zero attached hydrogens (tertiary/aromatic N) is 3. The van der Waals surface area contributed by atoms with Crippen LogP contribution in [0.15, 0.2) is 12.3 Å². The molecule has 5 nitrogen and oxygen atoms in total. The molecule has 3 heterocycles. The van der Waals surface area contributed by atoms with Crippen LogP contribution in [0.4, 0.5) is 0 Å². The molecule has 0 radical (unpaired) electrons. The van der Waals surface area contributed by atoms with Gasteiger partial charge < -0.3 is 10.2 Å². The Kier molecular flexibility index (Phi) is 3.55. The molecule has 0 bridgehead atoms. The number of likely N-dealkylation sites (tertiary alicyclic amines) is 1. The van der Waals surface area contributed by atoms with Crippen LogP contribution in [0.1, 0.15) is 36.2 Å².